The van der Waals surface area contributed by atoms with Crippen molar-refractivity contribution in [1.29, 1.82) is 0 Å². The average Bonchev–Trinajstić information content (AvgIpc) is 2.51. The Balaban J connectivity index is 1.95. The third kappa shape index (κ3) is 3.27. The van der Waals surface area contributed by atoms with Crippen LogP contribution < -0.4 is 10.0 Å². The zero-order valence-corrected chi connectivity index (χ0v) is 15.2. The van der Waals surface area contributed by atoms with E-state index < -0.39 is 10.0 Å². The Bertz CT molecular complexity index is 923. The molecule has 2 N–H and O–H groups in total. The lowest BCUT2D eigenvalue weighted by Crippen LogP contribution is -2.26. The first-order chi connectivity index (χ1) is 11.3. The summed E-state index contributed by atoms with van der Waals surface area (Å²) in [5.74, 6) is -0.121. The molecule has 2 aromatic carbocycles. The van der Waals surface area contributed by atoms with Gasteiger partial charge in [0.15, 0.2) is 0 Å². The Morgan fingerprint density at radius 3 is 2.62 bits per heavy atom. The second kappa shape index (κ2) is 6.14. The monoisotopic (exact) mass is 362 g/mol. The molecule has 1 aliphatic rings. The number of thioether (sulfide) groups is 1. The smallest absolute Gasteiger partial charge is 0.261 e. The van der Waals surface area contributed by atoms with E-state index in [1.807, 2.05) is 32.9 Å². The van der Waals surface area contributed by atoms with E-state index in [0.717, 1.165) is 16.0 Å². The maximum absolute atomic E-state index is 12.7. The van der Waals surface area contributed by atoms with Crippen molar-refractivity contribution in [3.63, 3.8) is 0 Å². The summed E-state index contributed by atoms with van der Waals surface area (Å²) in [7, 11) is -3.73. The highest BCUT2D eigenvalue weighted by Gasteiger charge is 2.25. The van der Waals surface area contributed by atoms with Crippen LogP contribution in [0.5, 0.6) is 0 Å². The van der Waals surface area contributed by atoms with Crippen LogP contribution in [0.15, 0.2) is 46.2 Å². The molecular formula is C17H18N2O3S2. The van der Waals surface area contributed by atoms with Crippen molar-refractivity contribution in [1.82, 2.24) is 0 Å². The van der Waals surface area contributed by atoms with Crippen molar-refractivity contribution in [3.05, 3.63) is 47.5 Å². The molecule has 0 saturated heterocycles. The first-order valence-corrected chi connectivity index (χ1v) is 9.84. The van der Waals surface area contributed by atoms with Crippen molar-refractivity contribution < 1.29 is 13.2 Å². The highest BCUT2D eigenvalue weighted by Crippen LogP contribution is 2.37. The molecule has 5 nitrogen and oxygen atoms in total. The van der Waals surface area contributed by atoms with Crippen molar-refractivity contribution in [3.8, 4) is 0 Å². The molecule has 0 aliphatic carbocycles. The standard InChI is InChI=1S/C17H18N2O3S2/c1-10-4-5-11(2)14(8-10)19-24(21,22)13-6-7-16-15(9-13)18-17(20)12(3)23-16/h4-9,12,19H,1-3H3,(H,18,20). The van der Waals surface area contributed by atoms with Gasteiger partial charge in [-0.15, -0.1) is 11.8 Å². The van der Waals surface area contributed by atoms with Crippen LogP contribution in [-0.4, -0.2) is 19.6 Å². The third-order valence-electron chi connectivity index (χ3n) is 3.83. The molecule has 0 fully saturated rings. The first-order valence-electron chi connectivity index (χ1n) is 7.48. The highest BCUT2D eigenvalue weighted by molar-refractivity contribution is 8.01. The highest BCUT2D eigenvalue weighted by atomic mass is 32.2. The van der Waals surface area contributed by atoms with Crippen LogP contribution in [0.3, 0.4) is 0 Å². The molecule has 3 rings (SSSR count). The fraction of sp³-hybridized carbons (Fsp3) is 0.235. The van der Waals surface area contributed by atoms with E-state index in [-0.39, 0.29) is 16.1 Å². The molecule has 1 heterocycles. The molecule has 1 unspecified atom stereocenters. The number of fused-ring (bicyclic) bond motifs is 1. The molecule has 7 heteroatoms. The van der Waals surface area contributed by atoms with Crippen LogP contribution in [-0.2, 0) is 14.8 Å². The summed E-state index contributed by atoms with van der Waals surface area (Å²) in [5.41, 5.74) is 2.91. The van der Waals surface area contributed by atoms with Crippen LogP contribution in [0.1, 0.15) is 18.1 Å². The van der Waals surface area contributed by atoms with Gasteiger partial charge in [-0.2, -0.15) is 0 Å². The van der Waals surface area contributed by atoms with Crippen LogP contribution in [0, 0.1) is 13.8 Å². The minimum Gasteiger partial charge on any atom is -0.324 e. The maximum Gasteiger partial charge on any atom is 0.261 e. The van der Waals surface area contributed by atoms with E-state index in [1.54, 1.807) is 18.2 Å². The van der Waals surface area contributed by atoms with Gasteiger partial charge < -0.3 is 5.32 Å². The number of anilines is 2. The van der Waals surface area contributed by atoms with Gasteiger partial charge in [-0.1, -0.05) is 12.1 Å². The second-order valence-corrected chi connectivity index (χ2v) is 8.90. The molecular weight excluding hydrogens is 344 g/mol. The van der Waals surface area contributed by atoms with Crippen molar-refractivity contribution in [2.24, 2.45) is 0 Å². The molecule has 0 saturated carbocycles. The number of benzene rings is 2. The molecule has 0 radical (unpaired) electrons. The minimum absolute atomic E-state index is 0.121. The summed E-state index contributed by atoms with van der Waals surface area (Å²) in [4.78, 5) is 12.8. The maximum atomic E-state index is 12.7. The van der Waals surface area contributed by atoms with E-state index >= 15 is 0 Å². The number of hydrogen-bond donors (Lipinski definition) is 2. The van der Waals surface area contributed by atoms with Crippen molar-refractivity contribution in [2.75, 3.05) is 10.0 Å². The van der Waals surface area contributed by atoms with Crippen LogP contribution in [0.25, 0.3) is 0 Å². The van der Waals surface area contributed by atoms with Gasteiger partial charge >= 0.3 is 0 Å². The topological polar surface area (TPSA) is 75.3 Å². The zero-order valence-electron chi connectivity index (χ0n) is 13.6. The molecule has 1 aliphatic heterocycles. The zero-order chi connectivity index (χ0) is 17.5. The van der Waals surface area contributed by atoms with Crippen LogP contribution in [0.2, 0.25) is 0 Å². The molecule has 1 atom stereocenters. The number of amides is 1. The van der Waals surface area contributed by atoms with Gasteiger partial charge in [0.05, 0.1) is 21.5 Å². The van der Waals surface area contributed by atoms with Crippen molar-refractivity contribution in [2.45, 2.75) is 35.8 Å². The summed E-state index contributed by atoms with van der Waals surface area (Å²) in [6.45, 7) is 5.57. The largest absolute Gasteiger partial charge is 0.324 e. The number of carbonyl (C=O) groups is 1. The fourth-order valence-corrected chi connectivity index (χ4v) is 4.48. The fourth-order valence-electron chi connectivity index (χ4n) is 2.40. The van der Waals surface area contributed by atoms with E-state index in [0.29, 0.717) is 11.4 Å². The van der Waals surface area contributed by atoms with E-state index in [2.05, 4.69) is 10.0 Å². The van der Waals surface area contributed by atoms with Gasteiger partial charge in [-0.25, -0.2) is 8.42 Å². The number of aryl methyl sites for hydroxylation is 2. The Hall–Kier alpha value is -1.99. The van der Waals surface area contributed by atoms with Gasteiger partial charge in [-0.3, -0.25) is 9.52 Å². The van der Waals surface area contributed by atoms with E-state index in [9.17, 15) is 13.2 Å². The Morgan fingerprint density at radius 2 is 1.88 bits per heavy atom. The summed E-state index contributed by atoms with van der Waals surface area (Å²) in [6, 6.07) is 10.4. The Kier molecular flexibility index (Phi) is 4.31. The Morgan fingerprint density at radius 1 is 1.12 bits per heavy atom. The minimum atomic E-state index is -3.73. The third-order valence-corrected chi connectivity index (χ3v) is 6.37. The SMILES string of the molecule is Cc1ccc(C)c(NS(=O)(=O)c2ccc3c(c2)NC(=O)C(C)S3)c1. The molecule has 0 spiro atoms. The van der Waals surface area contributed by atoms with E-state index in [1.165, 1.54) is 17.8 Å². The van der Waals surface area contributed by atoms with Crippen LogP contribution >= 0.6 is 11.8 Å². The lowest BCUT2D eigenvalue weighted by Gasteiger charge is -2.22. The molecule has 1 amide bonds. The predicted molar refractivity (Wildman–Crippen MR) is 97.1 cm³/mol. The number of carbonyl (C=O) groups excluding carboxylic acids is 1. The number of rotatable bonds is 3. The van der Waals surface area contributed by atoms with Gasteiger partial charge in [-0.05, 0) is 56.2 Å². The number of hydrogen-bond acceptors (Lipinski definition) is 4. The lowest BCUT2D eigenvalue weighted by atomic mass is 10.1. The summed E-state index contributed by atoms with van der Waals surface area (Å²) in [6.07, 6.45) is 0. The van der Waals surface area contributed by atoms with E-state index in [4.69, 9.17) is 0 Å². The summed E-state index contributed by atoms with van der Waals surface area (Å²) in [5, 5.41) is 2.57. The average molecular weight is 362 g/mol. The molecule has 126 valence electrons. The van der Waals surface area contributed by atoms with Gasteiger partial charge in [0, 0.05) is 4.90 Å². The second-order valence-electron chi connectivity index (χ2n) is 5.83. The normalized spacial score (nSPS) is 17.1. The molecule has 0 bridgehead atoms. The van der Waals surface area contributed by atoms with Gasteiger partial charge in [0.1, 0.15) is 0 Å². The lowest BCUT2D eigenvalue weighted by molar-refractivity contribution is -0.115. The van der Waals surface area contributed by atoms with Gasteiger partial charge in [0.2, 0.25) is 5.91 Å². The summed E-state index contributed by atoms with van der Waals surface area (Å²) >= 11 is 1.42. The Labute approximate surface area is 145 Å². The summed E-state index contributed by atoms with van der Waals surface area (Å²) < 4.78 is 28.0. The molecule has 0 aromatic heterocycles. The predicted octanol–water partition coefficient (Wildman–Crippen LogP) is 3.54. The van der Waals surface area contributed by atoms with Gasteiger partial charge in [0.25, 0.3) is 10.0 Å². The molecule has 2 aromatic rings. The quantitative estimate of drug-likeness (QED) is 0.876. The number of nitrogens with one attached hydrogen (secondary N) is 2. The van der Waals surface area contributed by atoms with Crippen molar-refractivity contribution >= 4 is 39.1 Å². The number of sulfonamides is 1. The van der Waals surface area contributed by atoms with Crippen LogP contribution in [0.4, 0.5) is 11.4 Å². The molecule has 24 heavy (non-hydrogen) atoms. The first kappa shape index (κ1) is 16.9.